The monoisotopic (exact) mass is 376 g/mol. The van der Waals surface area contributed by atoms with Crippen LogP contribution in [-0.4, -0.2) is 18.2 Å². The molecule has 2 aromatic rings. The van der Waals surface area contributed by atoms with Gasteiger partial charge in [-0.25, -0.2) is 4.79 Å². The standard InChI is InChI=1S/C19H21ClN2O2S/c1-11-5-6-14(9-12(11)2)13(3)21-19(25)22-15-7-8-17(20)16(10-15)18(23)24-4/h5-10,13H,1-4H3,(H2,21,22,25)/t13-/m0/s1. The van der Waals surface area contributed by atoms with Crippen molar-refractivity contribution in [3.8, 4) is 0 Å². The van der Waals surface area contributed by atoms with Crippen molar-refractivity contribution in [3.63, 3.8) is 0 Å². The quantitative estimate of drug-likeness (QED) is 0.593. The fourth-order valence-corrected chi connectivity index (χ4v) is 2.84. The van der Waals surface area contributed by atoms with Gasteiger partial charge in [-0.1, -0.05) is 29.8 Å². The van der Waals surface area contributed by atoms with Crippen LogP contribution in [0.5, 0.6) is 0 Å². The molecule has 2 rings (SSSR count). The molecule has 0 radical (unpaired) electrons. The average molecular weight is 377 g/mol. The summed E-state index contributed by atoms with van der Waals surface area (Å²) >= 11 is 11.4. The number of carbonyl (C=O) groups excluding carboxylic acids is 1. The maximum Gasteiger partial charge on any atom is 0.339 e. The lowest BCUT2D eigenvalue weighted by Gasteiger charge is -2.18. The number of anilines is 1. The van der Waals surface area contributed by atoms with Crippen molar-refractivity contribution in [1.82, 2.24) is 5.32 Å². The zero-order chi connectivity index (χ0) is 18.6. The van der Waals surface area contributed by atoms with Crippen molar-refractivity contribution in [2.75, 3.05) is 12.4 Å². The van der Waals surface area contributed by atoms with Gasteiger partial charge in [0.2, 0.25) is 0 Å². The predicted octanol–water partition coefficient (Wildman–Crippen LogP) is 4.79. The van der Waals surface area contributed by atoms with E-state index in [9.17, 15) is 4.79 Å². The first kappa shape index (κ1) is 19.2. The lowest BCUT2D eigenvalue weighted by Crippen LogP contribution is -2.31. The summed E-state index contributed by atoms with van der Waals surface area (Å²) in [6, 6.07) is 11.4. The van der Waals surface area contributed by atoms with Crippen molar-refractivity contribution in [3.05, 3.63) is 63.7 Å². The molecule has 0 spiro atoms. The Morgan fingerprint density at radius 3 is 2.52 bits per heavy atom. The Hall–Kier alpha value is -2.11. The van der Waals surface area contributed by atoms with Gasteiger partial charge in [-0.15, -0.1) is 0 Å². The molecule has 0 aromatic heterocycles. The Balaban J connectivity index is 2.07. The SMILES string of the molecule is COC(=O)c1cc(NC(=S)N[C@@H](C)c2ccc(C)c(C)c2)ccc1Cl. The number of rotatable bonds is 4. The molecule has 0 aliphatic heterocycles. The lowest BCUT2D eigenvalue weighted by molar-refractivity contribution is 0.0601. The average Bonchev–Trinajstić information content (AvgIpc) is 2.58. The Morgan fingerprint density at radius 2 is 1.88 bits per heavy atom. The predicted molar refractivity (Wildman–Crippen MR) is 106 cm³/mol. The number of ether oxygens (including phenoxy) is 1. The van der Waals surface area contributed by atoms with E-state index in [1.165, 1.54) is 18.2 Å². The van der Waals surface area contributed by atoms with Crippen molar-refractivity contribution >= 4 is 40.6 Å². The number of esters is 1. The van der Waals surface area contributed by atoms with Gasteiger partial charge < -0.3 is 15.4 Å². The molecule has 0 aliphatic rings. The molecule has 6 heteroatoms. The Labute approximate surface area is 158 Å². The molecule has 0 bridgehead atoms. The Morgan fingerprint density at radius 1 is 1.16 bits per heavy atom. The molecule has 0 amide bonds. The van der Waals surface area contributed by atoms with Crippen LogP contribution in [0.4, 0.5) is 5.69 Å². The molecule has 2 N–H and O–H groups in total. The molecule has 2 aromatic carbocycles. The van der Waals surface area contributed by atoms with Gasteiger partial charge >= 0.3 is 5.97 Å². The third-order valence-electron chi connectivity index (χ3n) is 4.01. The number of thiocarbonyl (C=S) groups is 1. The number of hydrogen-bond donors (Lipinski definition) is 2. The summed E-state index contributed by atoms with van der Waals surface area (Å²) in [6.45, 7) is 6.22. The fraction of sp³-hybridized carbons (Fsp3) is 0.263. The molecule has 1 atom stereocenters. The summed E-state index contributed by atoms with van der Waals surface area (Å²) < 4.78 is 4.72. The van der Waals surface area contributed by atoms with Crippen LogP contribution in [0.15, 0.2) is 36.4 Å². The number of methoxy groups -OCH3 is 1. The van der Waals surface area contributed by atoms with Crippen molar-refractivity contribution < 1.29 is 9.53 Å². The van der Waals surface area contributed by atoms with Crippen LogP contribution in [0.3, 0.4) is 0 Å². The first-order valence-corrected chi connectivity index (χ1v) is 8.63. The second-order valence-electron chi connectivity index (χ2n) is 5.85. The molecule has 4 nitrogen and oxygen atoms in total. The number of benzene rings is 2. The van der Waals surface area contributed by atoms with Gasteiger partial charge in [-0.3, -0.25) is 0 Å². The summed E-state index contributed by atoms with van der Waals surface area (Å²) in [5, 5.41) is 7.10. The largest absolute Gasteiger partial charge is 0.465 e. The molecular formula is C19H21ClN2O2S. The molecule has 0 unspecified atom stereocenters. The number of nitrogens with one attached hydrogen (secondary N) is 2. The van der Waals surface area contributed by atoms with Gasteiger partial charge in [0, 0.05) is 5.69 Å². The third-order valence-corrected chi connectivity index (χ3v) is 4.56. The van der Waals surface area contributed by atoms with Gasteiger partial charge in [0.1, 0.15) is 0 Å². The Bertz CT molecular complexity index is 808. The summed E-state index contributed by atoms with van der Waals surface area (Å²) in [7, 11) is 1.32. The lowest BCUT2D eigenvalue weighted by atomic mass is 10.0. The smallest absolute Gasteiger partial charge is 0.339 e. The van der Waals surface area contributed by atoms with Gasteiger partial charge in [0.15, 0.2) is 5.11 Å². The van der Waals surface area contributed by atoms with Gasteiger partial charge in [-0.2, -0.15) is 0 Å². The van der Waals surface area contributed by atoms with Gasteiger partial charge in [-0.05, 0) is 67.9 Å². The van der Waals surface area contributed by atoms with Crippen LogP contribution >= 0.6 is 23.8 Å². The second-order valence-corrected chi connectivity index (χ2v) is 6.67. The first-order chi connectivity index (χ1) is 11.8. The minimum Gasteiger partial charge on any atom is -0.465 e. The van der Waals surface area contributed by atoms with Gasteiger partial charge in [0.05, 0.1) is 23.7 Å². The number of halogens is 1. The third kappa shape index (κ3) is 4.94. The molecule has 0 aliphatic carbocycles. The van der Waals surface area contributed by atoms with Crippen LogP contribution in [0.2, 0.25) is 5.02 Å². The van der Waals surface area contributed by atoms with Crippen LogP contribution in [-0.2, 0) is 4.74 Å². The highest BCUT2D eigenvalue weighted by Crippen LogP contribution is 2.22. The maximum absolute atomic E-state index is 11.7. The van der Waals surface area contributed by atoms with E-state index in [1.54, 1.807) is 18.2 Å². The zero-order valence-electron chi connectivity index (χ0n) is 14.6. The number of hydrogen-bond acceptors (Lipinski definition) is 3. The van der Waals surface area contributed by atoms with Crippen molar-refractivity contribution in [1.29, 1.82) is 0 Å². The van der Waals surface area contributed by atoms with Gasteiger partial charge in [0.25, 0.3) is 0 Å². The number of aryl methyl sites for hydroxylation is 2. The first-order valence-electron chi connectivity index (χ1n) is 7.84. The topological polar surface area (TPSA) is 50.4 Å². The molecule has 0 saturated carbocycles. The Kier molecular flexibility index (Phi) is 6.39. The van der Waals surface area contributed by atoms with E-state index in [2.05, 4.69) is 42.7 Å². The molecule has 0 heterocycles. The molecule has 0 saturated heterocycles. The summed E-state index contributed by atoms with van der Waals surface area (Å²) in [6.07, 6.45) is 0. The molecule has 25 heavy (non-hydrogen) atoms. The van der Waals surface area contributed by atoms with Crippen LogP contribution in [0.1, 0.15) is 40.0 Å². The molecule has 132 valence electrons. The summed E-state index contributed by atoms with van der Waals surface area (Å²) in [4.78, 5) is 11.7. The van der Waals surface area contributed by atoms with Crippen LogP contribution in [0, 0.1) is 13.8 Å². The van der Waals surface area contributed by atoms with E-state index in [1.807, 2.05) is 6.92 Å². The molecule has 0 fully saturated rings. The normalized spacial score (nSPS) is 11.6. The zero-order valence-corrected chi connectivity index (χ0v) is 16.2. The van der Waals surface area contributed by atoms with E-state index in [4.69, 9.17) is 28.6 Å². The summed E-state index contributed by atoms with van der Waals surface area (Å²) in [5.74, 6) is -0.490. The fourth-order valence-electron chi connectivity index (χ4n) is 2.35. The van der Waals surface area contributed by atoms with E-state index in [0.717, 1.165) is 5.56 Å². The highest BCUT2D eigenvalue weighted by atomic mass is 35.5. The van der Waals surface area contributed by atoms with Crippen molar-refractivity contribution in [2.45, 2.75) is 26.8 Å². The second kappa shape index (κ2) is 8.32. The van der Waals surface area contributed by atoms with E-state index >= 15 is 0 Å². The van der Waals surface area contributed by atoms with Crippen molar-refractivity contribution in [2.24, 2.45) is 0 Å². The highest BCUT2D eigenvalue weighted by Gasteiger charge is 2.13. The number of carbonyl (C=O) groups is 1. The minimum atomic E-state index is -0.490. The summed E-state index contributed by atoms with van der Waals surface area (Å²) in [5.41, 5.74) is 4.60. The van der Waals surface area contributed by atoms with Crippen LogP contribution < -0.4 is 10.6 Å². The molecular weight excluding hydrogens is 356 g/mol. The maximum atomic E-state index is 11.7. The van der Waals surface area contributed by atoms with E-state index in [0.29, 0.717) is 21.4 Å². The van der Waals surface area contributed by atoms with E-state index < -0.39 is 5.97 Å². The van der Waals surface area contributed by atoms with E-state index in [-0.39, 0.29) is 6.04 Å². The minimum absolute atomic E-state index is 0.0478. The highest BCUT2D eigenvalue weighted by molar-refractivity contribution is 7.80. The van der Waals surface area contributed by atoms with Crippen LogP contribution in [0.25, 0.3) is 0 Å².